The summed E-state index contributed by atoms with van der Waals surface area (Å²) in [6.45, 7) is 7.95. The van der Waals surface area contributed by atoms with E-state index in [9.17, 15) is 9.59 Å². The molecule has 0 fully saturated rings. The van der Waals surface area contributed by atoms with E-state index >= 15 is 0 Å². The SMILES string of the molecule is CCOC(=O)N[C@@H](CC(C)C)C(=O)N[C@H](C)c1ccccc1. The molecule has 5 nitrogen and oxygen atoms in total. The summed E-state index contributed by atoms with van der Waals surface area (Å²) in [6, 6.07) is 9.00. The summed E-state index contributed by atoms with van der Waals surface area (Å²) in [5.74, 6) is 0.0859. The molecule has 1 aromatic rings. The van der Waals surface area contributed by atoms with E-state index in [0.717, 1.165) is 5.56 Å². The summed E-state index contributed by atoms with van der Waals surface area (Å²) in [4.78, 5) is 24.0. The van der Waals surface area contributed by atoms with Crippen LogP contribution in [0.1, 0.15) is 45.7 Å². The first-order chi connectivity index (χ1) is 10.4. The maximum atomic E-state index is 12.4. The van der Waals surface area contributed by atoms with Gasteiger partial charge in [-0.2, -0.15) is 0 Å². The Hall–Kier alpha value is -2.04. The Morgan fingerprint density at radius 2 is 1.73 bits per heavy atom. The fourth-order valence-electron chi connectivity index (χ4n) is 2.16. The summed E-state index contributed by atoms with van der Waals surface area (Å²) >= 11 is 0. The monoisotopic (exact) mass is 306 g/mol. The third-order valence-electron chi connectivity index (χ3n) is 3.25. The van der Waals surface area contributed by atoms with Crippen LogP contribution in [0.15, 0.2) is 30.3 Å². The number of ether oxygens (including phenoxy) is 1. The molecule has 0 aromatic heterocycles. The molecule has 122 valence electrons. The first-order valence-corrected chi connectivity index (χ1v) is 7.72. The predicted octanol–water partition coefficient (Wildman–Crippen LogP) is 3.02. The van der Waals surface area contributed by atoms with Gasteiger partial charge in [-0.05, 0) is 31.7 Å². The maximum Gasteiger partial charge on any atom is 0.407 e. The van der Waals surface area contributed by atoms with Gasteiger partial charge in [-0.15, -0.1) is 0 Å². The van der Waals surface area contributed by atoms with Gasteiger partial charge < -0.3 is 15.4 Å². The molecule has 2 amide bonds. The Bertz CT molecular complexity index is 474. The molecule has 22 heavy (non-hydrogen) atoms. The quantitative estimate of drug-likeness (QED) is 0.813. The highest BCUT2D eigenvalue weighted by molar-refractivity contribution is 5.85. The topological polar surface area (TPSA) is 67.4 Å². The second kappa shape index (κ2) is 9.07. The van der Waals surface area contributed by atoms with E-state index in [1.165, 1.54) is 0 Å². The maximum absolute atomic E-state index is 12.4. The molecule has 2 N–H and O–H groups in total. The lowest BCUT2D eigenvalue weighted by Gasteiger charge is -2.22. The van der Waals surface area contributed by atoms with Gasteiger partial charge in [0.2, 0.25) is 5.91 Å². The molecule has 0 aliphatic rings. The summed E-state index contributed by atoms with van der Waals surface area (Å²) in [6.07, 6.45) is 0.00209. The van der Waals surface area contributed by atoms with Crippen LogP contribution in [0.3, 0.4) is 0 Å². The lowest BCUT2D eigenvalue weighted by Crippen LogP contribution is -2.48. The third kappa shape index (κ3) is 6.16. The average molecular weight is 306 g/mol. The smallest absolute Gasteiger partial charge is 0.407 e. The lowest BCUT2D eigenvalue weighted by molar-refractivity contribution is -0.124. The van der Waals surface area contributed by atoms with E-state index in [4.69, 9.17) is 4.74 Å². The van der Waals surface area contributed by atoms with Crippen molar-refractivity contribution in [3.05, 3.63) is 35.9 Å². The Morgan fingerprint density at radius 1 is 1.09 bits per heavy atom. The molecule has 0 radical (unpaired) electrons. The molecule has 1 rings (SSSR count). The highest BCUT2D eigenvalue weighted by atomic mass is 16.5. The predicted molar refractivity (Wildman–Crippen MR) is 86.4 cm³/mol. The summed E-state index contributed by atoms with van der Waals surface area (Å²) in [5.41, 5.74) is 1.02. The van der Waals surface area contributed by atoms with Crippen molar-refractivity contribution in [3.63, 3.8) is 0 Å². The molecule has 5 heteroatoms. The Balaban J connectivity index is 2.68. The van der Waals surface area contributed by atoms with Crippen LogP contribution in [0, 0.1) is 5.92 Å². The number of carbonyl (C=O) groups excluding carboxylic acids is 2. The van der Waals surface area contributed by atoms with Gasteiger partial charge in [0.25, 0.3) is 0 Å². The summed E-state index contributed by atoms with van der Waals surface area (Å²) in [5, 5.41) is 5.57. The zero-order chi connectivity index (χ0) is 16.5. The number of amides is 2. The average Bonchev–Trinajstić information content (AvgIpc) is 2.47. The number of hydrogen-bond donors (Lipinski definition) is 2. The van der Waals surface area contributed by atoms with E-state index in [-0.39, 0.29) is 24.5 Å². The second-order valence-corrected chi connectivity index (χ2v) is 5.69. The lowest BCUT2D eigenvalue weighted by atomic mass is 10.0. The van der Waals surface area contributed by atoms with Crippen molar-refractivity contribution < 1.29 is 14.3 Å². The van der Waals surface area contributed by atoms with Crippen molar-refractivity contribution in [2.75, 3.05) is 6.61 Å². The van der Waals surface area contributed by atoms with Crippen LogP contribution in [0.2, 0.25) is 0 Å². The highest BCUT2D eigenvalue weighted by Gasteiger charge is 2.23. The van der Waals surface area contributed by atoms with Gasteiger partial charge in [0.15, 0.2) is 0 Å². The first kappa shape index (κ1) is 18.0. The number of carbonyl (C=O) groups is 2. The fourth-order valence-corrected chi connectivity index (χ4v) is 2.16. The van der Waals surface area contributed by atoms with Crippen molar-refractivity contribution in [2.24, 2.45) is 5.92 Å². The first-order valence-electron chi connectivity index (χ1n) is 7.72. The second-order valence-electron chi connectivity index (χ2n) is 5.69. The van der Waals surface area contributed by atoms with Crippen molar-refractivity contribution in [3.8, 4) is 0 Å². The van der Waals surface area contributed by atoms with Gasteiger partial charge in [0, 0.05) is 0 Å². The van der Waals surface area contributed by atoms with Crippen molar-refractivity contribution in [1.29, 1.82) is 0 Å². The van der Waals surface area contributed by atoms with Crippen LogP contribution in [-0.4, -0.2) is 24.6 Å². The van der Waals surface area contributed by atoms with Crippen LogP contribution >= 0.6 is 0 Å². The molecule has 2 atom stereocenters. The van der Waals surface area contributed by atoms with Gasteiger partial charge in [-0.25, -0.2) is 4.79 Å². The molecule has 0 unspecified atom stereocenters. The van der Waals surface area contributed by atoms with Crippen LogP contribution < -0.4 is 10.6 Å². The number of nitrogens with one attached hydrogen (secondary N) is 2. The Kier molecular flexibility index (Phi) is 7.43. The minimum absolute atomic E-state index is 0.118. The van der Waals surface area contributed by atoms with Gasteiger partial charge in [-0.3, -0.25) is 4.79 Å². The van der Waals surface area contributed by atoms with Gasteiger partial charge in [-0.1, -0.05) is 44.2 Å². The number of benzene rings is 1. The molecule has 0 aliphatic heterocycles. The molecule has 0 saturated carbocycles. The Morgan fingerprint density at radius 3 is 2.27 bits per heavy atom. The number of rotatable bonds is 7. The molecular formula is C17H26N2O3. The van der Waals surface area contributed by atoms with E-state index in [0.29, 0.717) is 6.42 Å². The highest BCUT2D eigenvalue weighted by Crippen LogP contribution is 2.13. The molecule has 0 aliphatic carbocycles. The third-order valence-corrected chi connectivity index (χ3v) is 3.25. The molecule has 0 spiro atoms. The van der Waals surface area contributed by atoms with Crippen molar-refractivity contribution in [1.82, 2.24) is 10.6 Å². The number of hydrogen-bond acceptors (Lipinski definition) is 3. The van der Waals surface area contributed by atoms with Gasteiger partial charge in [0.05, 0.1) is 12.6 Å². The normalized spacial score (nSPS) is 13.3. The molecule has 0 heterocycles. The molecule has 1 aromatic carbocycles. The fraction of sp³-hybridized carbons (Fsp3) is 0.529. The van der Waals surface area contributed by atoms with Crippen LogP contribution in [0.25, 0.3) is 0 Å². The largest absolute Gasteiger partial charge is 0.450 e. The zero-order valence-electron chi connectivity index (χ0n) is 13.8. The van der Waals surface area contributed by atoms with Gasteiger partial charge >= 0.3 is 6.09 Å². The van der Waals surface area contributed by atoms with Crippen molar-refractivity contribution in [2.45, 2.75) is 46.2 Å². The Labute approximate surface area is 132 Å². The summed E-state index contributed by atoms with van der Waals surface area (Å²) in [7, 11) is 0. The minimum atomic E-state index is -0.592. The standard InChI is InChI=1S/C17H26N2O3/c1-5-22-17(21)19-15(11-12(2)3)16(20)18-13(4)14-9-7-6-8-10-14/h6-10,12-13,15H,5,11H2,1-4H3,(H,18,20)(H,19,21)/t13-,15+/m1/s1. The van der Waals surface area contributed by atoms with Crippen molar-refractivity contribution >= 4 is 12.0 Å². The number of alkyl carbamates (subject to hydrolysis) is 1. The molecular weight excluding hydrogens is 280 g/mol. The zero-order valence-corrected chi connectivity index (χ0v) is 13.8. The molecule has 0 bridgehead atoms. The van der Waals surface area contributed by atoms with Crippen LogP contribution in [0.5, 0.6) is 0 Å². The van der Waals surface area contributed by atoms with E-state index in [1.54, 1.807) is 6.92 Å². The molecule has 0 saturated heterocycles. The van der Waals surface area contributed by atoms with E-state index in [2.05, 4.69) is 10.6 Å². The van der Waals surface area contributed by atoms with Gasteiger partial charge in [0.1, 0.15) is 6.04 Å². The van der Waals surface area contributed by atoms with E-state index in [1.807, 2.05) is 51.1 Å². The summed E-state index contributed by atoms with van der Waals surface area (Å²) < 4.78 is 4.86. The van der Waals surface area contributed by atoms with E-state index < -0.39 is 12.1 Å². The minimum Gasteiger partial charge on any atom is -0.450 e. The van der Waals surface area contributed by atoms with Crippen LogP contribution in [0.4, 0.5) is 4.79 Å². The van der Waals surface area contributed by atoms with Crippen LogP contribution in [-0.2, 0) is 9.53 Å².